The van der Waals surface area contributed by atoms with E-state index in [1.807, 2.05) is 0 Å². The molecule has 34 heavy (non-hydrogen) atoms. The van der Waals surface area contributed by atoms with Gasteiger partial charge in [0.15, 0.2) is 0 Å². The van der Waals surface area contributed by atoms with Crippen LogP contribution in [0.15, 0.2) is 65.9 Å². The summed E-state index contributed by atoms with van der Waals surface area (Å²) in [7, 11) is 0. The zero-order valence-corrected chi connectivity index (χ0v) is 17.1. The first-order valence-electron chi connectivity index (χ1n) is 9.77. The van der Waals surface area contributed by atoms with Crippen LogP contribution in [-0.4, -0.2) is 19.9 Å². The lowest BCUT2D eigenvalue weighted by molar-refractivity contribution is -0.138. The van der Waals surface area contributed by atoms with Crippen molar-refractivity contribution in [2.45, 2.75) is 18.8 Å². The fourth-order valence-electron chi connectivity index (χ4n) is 3.34. The minimum absolute atomic E-state index is 0.0812. The van der Waals surface area contributed by atoms with Crippen molar-refractivity contribution in [2.24, 2.45) is 0 Å². The van der Waals surface area contributed by atoms with Gasteiger partial charge >= 0.3 is 12.4 Å². The maximum atomic E-state index is 13.3. The largest absolute Gasteiger partial charge is 0.418 e. The van der Waals surface area contributed by atoms with E-state index in [4.69, 9.17) is 0 Å². The topological polar surface area (TPSA) is 71.5 Å². The van der Waals surface area contributed by atoms with Crippen LogP contribution in [-0.2, 0) is 18.8 Å². The van der Waals surface area contributed by atoms with Gasteiger partial charge in [0.25, 0.3) is 0 Å². The molecule has 1 N–H and O–H groups in total. The molecule has 0 aliphatic heterocycles. The van der Waals surface area contributed by atoms with E-state index >= 15 is 0 Å². The second kappa shape index (κ2) is 8.73. The molecule has 4 aromatic rings. The van der Waals surface area contributed by atoms with Crippen LogP contribution >= 0.6 is 0 Å². The standard InChI is InChI=1S/C23H14F6N4O/c24-22(25,26)15-6-7-16(31-12-15)4-1-3-13-10-19(34)33-18-9-14(11-32-21(13)18)20-17(23(27,28)29)5-2-8-30-20/h1-2,4-12H,3H2,(H,33,34)/b4-1+. The van der Waals surface area contributed by atoms with Gasteiger partial charge in [-0.05, 0) is 48.4 Å². The zero-order valence-electron chi connectivity index (χ0n) is 17.1. The van der Waals surface area contributed by atoms with E-state index in [-0.39, 0.29) is 28.9 Å². The van der Waals surface area contributed by atoms with Crippen LogP contribution in [0.3, 0.4) is 0 Å². The molecule has 5 nitrogen and oxygen atoms in total. The van der Waals surface area contributed by atoms with Crippen molar-refractivity contribution in [1.82, 2.24) is 19.9 Å². The first-order valence-corrected chi connectivity index (χ1v) is 9.77. The van der Waals surface area contributed by atoms with Gasteiger partial charge in [0, 0.05) is 30.2 Å². The summed E-state index contributed by atoms with van der Waals surface area (Å²) in [5.74, 6) is 0. The monoisotopic (exact) mass is 476 g/mol. The van der Waals surface area contributed by atoms with Gasteiger partial charge in [-0.25, -0.2) is 0 Å². The Morgan fingerprint density at radius 2 is 1.71 bits per heavy atom. The Bertz CT molecular complexity index is 1420. The average molecular weight is 476 g/mol. The quantitative estimate of drug-likeness (QED) is 0.385. The molecular formula is C23H14F6N4O. The van der Waals surface area contributed by atoms with Gasteiger partial charge in [0.1, 0.15) is 0 Å². The molecule has 0 amide bonds. The fraction of sp³-hybridized carbons (Fsp3) is 0.130. The number of nitrogens with zero attached hydrogens (tertiary/aromatic N) is 3. The van der Waals surface area contributed by atoms with Crippen molar-refractivity contribution >= 4 is 17.1 Å². The average Bonchev–Trinajstić information content (AvgIpc) is 2.77. The Hall–Kier alpha value is -4.02. The van der Waals surface area contributed by atoms with Crippen LogP contribution in [0.25, 0.3) is 28.4 Å². The summed E-state index contributed by atoms with van der Waals surface area (Å²) < 4.78 is 78.0. The van der Waals surface area contributed by atoms with E-state index in [9.17, 15) is 31.1 Å². The van der Waals surface area contributed by atoms with Crippen LogP contribution in [0.5, 0.6) is 0 Å². The van der Waals surface area contributed by atoms with Crippen molar-refractivity contribution in [1.29, 1.82) is 0 Å². The zero-order chi connectivity index (χ0) is 24.5. The van der Waals surface area contributed by atoms with Crippen molar-refractivity contribution in [3.05, 3.63) is 93.8 Å². The second-order valence-electron chi connectivity index (χ2n) is 7.25. The Kier molecular flexibility index (Phi) is 5.94. The number of alkyl halides is 6. The number of halogens is 6. The van der Waals surface area contributed by atoms with Gasteiger partial charge in [-0.15, -0.1) is 0 Å². The summed E-state index contributed by atoms with van der Waals surface area (Å²) in [6, 6.07) is 6.87. The van der Waals surface area contributed by atoms with E-state index in [2.05, 4.69) is 19.9 Å². The third-order valence-electron chi connectivity index (χ3n) is 4.88. The lowest BCUT2D eigenvalue weighted by Crippen LogP contribution is -2.09. The molecule has 0 bridgehead atoms. The molecule has 0 unspecified atom stereocenters. The highest BCUT2D eigenvalue weighted by Crippen LogP contribution is 2.36. The van der Waals surface area contributed by atoms with Crippen LogP contribution in [0.1, 0.15) is 22.4 Å². The Balaban J connectivity index is 1.64. The number of fused-ring (bicyclic) bond motifs is 1. The van der Waals surface area contributed by atoms with E-state index < -0.39 is 29.0 Å². The minimum atomic E-state index is -4.62. The second-order valence-corrected chi connectivity index (χ2v) is 7.25. The molecule has 0 aromatic carbocycles. The number of aromatic nitrogens is 4. The van der Waals surface area contributed by atoms with Gasteiger partial charge in [-0.1, -0.05) is 6.08 Å². The lowest BCUT2D eigenvalue weighted by atomic mass is 10.0. The number of hydrogen-bond donors (Lipinski definition) is 1. The lowest BCUT2D eigenvalue weighted by Gasteiger charge is -2.12. The molecule has 0 saturated carbocycles. The van der Waals surface area contributed by atoms with Gasteiger partial charge in [0.2, 0.25) is 5.56 Å². The molecule has 0 aliphatic rings. The van der Waals surface area contributed by atoms with Crippen molar-refractivity contribution < 1.29 is 26.3 Å². The third-order valence-corrected chi connectivity index (χ3v) is 4.88. The molecule has 0 radical (unpaired) electrons. The molecular weight excluding hydrogens is 462 g/mol. The number of pyridine rings is 4. The smallest absolute Gasteiger partial charge is 0.321 e. The molecule has 0 aliphatic carbocycles. The SMILES string of the molecule is O=c1cc(C/C=C/c2ccc(C(F)(F)F)cn2)c2ncc(-c3ncccc3C(F)(F)F)cc2[nH]1. The van der Waals surface area contributed by atoms with E-state index in [0.29, 0.717) is 11.1 Å². The molecule has 0 spiro atoms. The van der Waals surface area contributed by atoms with Crippen molar-refractivity contribution in [2.75, 3.05) is 0 Å². The molecule has 4 aromatic heterocycles. The summed E-state index contributed by atoms with van der Waals surface area (Å²) in [5.41, 5.74) is -1.18. The summed E-state index contributed by atoms with van der Waals surface area (Å²) in [6.07, 6.45) is -2.64. The van der Waals surface area contributed by atoms with Crippen LogP contribution in [0.4, 0.5) is 26.3 Å². The van der Waals surface area contributed by atoms with Gasteiger partial charge in [-0.2, -0.15) is 26.3 Å². The number of nitrogens with one attached hydrogen (secondary N) is 1. The van der Waals surface area contributed by atoms with Crippen molar-refractivity contribution in [3.8, 4) is 11.3 Å². The Morgan fingerprint density at radius 1 is 0.912 bits per heavy atom. The third kappa shape index (κ3) is 4.98. The highest BCUT2D eigenvalue weighted by atomic mass is 19.4. The summed E-state index contributed by atoms with van der Waals surface area (Å²) in [4.78, 5) is 26.5. The summed E-state index contributed by atoms with van der Waals surface area (Å²) in [6.45, 7) is 0. The number of H-pyrrole nitrogens is 1. The maximum Gasteiger partial charge on any atom is 0.418 e. The number of allylic oxidation sites excluding steroid dienone is 1. The van der Waals surface area contributed by atoms with Crippen LogP contribution in [0.2, 0.25) is 0 Å². The van der Waals surface area contributed by atoms with Crippen LogP contribution < -0.4 is 5.56 Å². The summed E-state index contributed by atoms with van der Waals surface area (Å²) in [5, 5.41) is 0. The minimum Gasteiger partial charge on any atom is -0.321 e. The Labute approximate surface area is 187 Å². The molecule has 4 rings (SSSR count). The van der Waals surface area contributed by atoms with E-state index in [0.717, 1.165) is 18.3 Å². The predicted octanol–water partition coefficient (Wildman–Crippen LogP) is 5.67. The van der Waals surface area contributed by atoms with Gasteiger partial charge in [0.05, 0.1) is 33.5 Å². The molecule has 0 saturated heterocycles. The molecule has 0 fully saturated rings. The number of hydrogen-bond acceptors (Lipinski definition) is 4. The first kappa shape index (κ1) is 23.1. The Morgan fingerprint density at radius 3 is 2.38 bits per heavy atom. The fourth-order valence-corrected chi connectivity index (χ4v) is 3.34. The number of aromatic amines is 1. The van der Waals surface area contributed by atoms with E-state index in [1.54, 1.807) is 6.08 Å². The molecule has 4 heterocycles. The highest BCUT2D eigenvalue weighted by molar-refractivity contribution is 5.82. The maximum absolute atomic E-state index is 13.3. The molecule has 0 atom stereocenters. The van der Waals surface area contributed by atoms with E-state index in [1.165, 1.54) is 42.7 Å². The van der Waals surface area contributed by atoms with Gasteiger partial charge in [-0.3, -0.25) is 19.7 Å². The normalized spacial score (nSPS) is 12.5. The molecule has 11 heteroatoms. The summed E-state index contributed by atoms with van der Waals surface area (Å²) >= 11 is 0. The first-order chi connectivity index (χ1) is 16.0. The van der Waals surface area contributed by atoms with Crippen LogP contribution in [0, 0.1) is 0 Å². The van der Waals surface area contributed by atoms with Gasteiger partial charge < -0.3 is 4.98 Å². The number of rotatable bonds is 4. The predicted molar refractivity (Wildman–Crippen MR) is 113 cm³/mol. The van der Waals surface area contributed by atoms with Crippen molar-refractivity contribution in [3.63, 3.8) is 0 Å². The highest BCUT2D eigenvalue weighted by Gasteiger charge is 2.34. The molecule has 174 valence electrons.